The number of aromatic nitrogens is 1. The minimum absolute atomic E-state index is 0.0981. The summed E-state index contributed by atoms with van der Waals surface area (Å²) < 4.78 is 0.842. The molecule has 4 nitrogen and oxygen atoms in total. The fraction of sp³-hybridized carbons (Fsp3) is 0.625. The number of anilines is 1. The molecule has 2 aliphatic rings. The van der Waals surface area contributed by atoms with E-state index < -0.39 is 0 Å². The minimum Gasteiger partial charge on any atom is -0.372 e. The number of piperidine rings is 1. The standard InChI is InChI=1S/C16H22BrN3O/c1-18-14-13(10-12(17)11-19-14)15(21)20-8-6-16(7-9-20)4-2-3-5-16/h10-11H,2-9H2,1H3,(H,18,19). The van der Waals surface area contributed by atoms with Crippen molar-refractivity contribution in [3.8, 4) is 0 Å². The summed E-state index contributed by atoms with van der Waals surface area (Å²) in [5.74, 6) is 0.755. The molecular formula is C16H22BrN3O. The quantitative estimate of drug-likeness (QED) is 0.883. The molecule has 1 saturated heterocycles. The summed E-state index contributed by atoms with van der Waals surface area (Å²) in [5.41, 5.74) is 1.20. The van der Waals surface area contributed by atoms with Crippen LogP contribution < -0.4 is 5.32 Å². The lowest BCUT2D eigenvalue weighted by molar-refractivity contribution is 0.0588. The van der Waals surface area contributed by atoms with E-state index >= 15 is 0 Å². The second-order valence-electron chi connectivity index (χ2n) is 6.30. The normalized spacial score (nSPS) is 20.8. The van der Waals surface area contributed by atoms with Crippen molar-refractivity contribution in [3.05, 3.63) is 22.3 Å². The zero-order chi connectivity index (χ0) is 14.9. The number of halogens is 1. The van der Waals surface area contributed by atoms with Crippen LogP contribution in [0.3, 0.4) is 0 Å². The number of carbonyl (C=O) groups is 1. The lowest BCUT2D eigenvalue weighted by Gasteiger charge is -2.39. The van der Waals surface area contributed by atoms with Gasteiger partial charge in [-0.05, 0) is 53.1 Å². The van der Waals surface area contributed by atoms with E-state index in [0.29, 0.717) is 16.8 Å². The molecule has 1 aliphatic carbocycles. The summed E-state index contributed by atoms with van der Waals surface area (Å²) in [4.78, 5) is 19.0. The number of hydrogen-bond donors (Lipinski definition) is 1. The SMILES string of the molecule is CNc1ncc(Br)cc1C(=O)N1CCC2(CCCC2)CC1. The van der Waals surface area contributed by atoms with Crippen molar-refractivity contribution in [1.29, 1.82) is 0 Å². The molecular weight excluding hydrogens is 330 g/mol. The lowest BCUT2D eigenvalue weighted by atomic mass is 9.77. The average Bonchev–Trinajstić information content (AvgIpc) is 2.95. The van der Waals surface area contributed by atoms with Crippen molar-refractivity contribution in [2.45, 2.75) is 38.5 Å². The third-order valence-corrected chi connectivity index (χ3v) is 5.53. The van der Waals surface area contributed by atoms with Crippen molar-refractivity contribution in [2.24, 2.45) is 5.41 Å². The molecule has 0 aromatic carbocycles. The molecule has 1 saturated carbocycles. The van der Waals surface area contributed by atoms with Gasteiger partial charge in [0.2, 0.25) is 0 Å². The largest absolute Gasteiger partial charge is 0.372 e. The summed E-state index contributed by atoms with van der Waals surface area (Å²) in [6, 6.07) is 1.86. The molecule has 21 heavy (non-hydrogen) atoms. The Bertz CT molecular complexity index is 530. The topological polar surface area (TPSA) is 45.2 Å². The van der Waals surface area contributed by atoms with E-state index in [1.807, 2.05) is 11.0 Å². The maximum Gasteiger partial charge on any atom is 0.257 e. The Balaban J connectivity index is 1.73. The van der Waals surface area contributed by atoms with Crippen molar-refractivity contribution >= 4 is 27.7 Å². The van der Waals surface area contributed by atoms with Gasteiger partial charge in [0, 0.05) is 30.8 Å². The van der Waals surface area contributed by atoms with Crippen molar-refractivity contribution in [3.63, 3.8) is 0 Å². The number of amides is 1. The summed E-state index contributed by atoms with van der Waals surface area (Å²) >= 11 is 3.41. The van der Waals surface area contributed by atoms with E-state index in [4.69, 9.17) is 0 Å². The van der Waals surface area contributed by atoms with Crippen LogP contribution in [0.15, 0.2) is 16.7 Å². The molecule has 0 radical (unpaired) electrons. The van der Waals surface area contributed by atoms with Crippen LogP contribution in [0, 0.1) is 5.41 Å². The van der Waals surface area contributed by atoms with Gasteiger partial charge in [-0.2, -0.15) is 0 Å². The number of nitrogens with one attached hydrogen (secondary N) is 1. The minimum atomic E-state index is 0.0981. The second kappa shape index (κ2) is 5.95. The predicted octanol–water partition coefficient (Wildman–Crippen LogP) is 3.68. The zero-order valence-corrected chi connectivity index (χ0v) is 14.1. The van der Waals surface area contributed by atoms with Crippen LogP contribution >= 0.6 is 15.9 Å². The van der Waals surface area contributed by atoms with Crippen LogP contribution in [-0.4, -0.2) is 35.9 Å². The number of nitrogens with zero attached hydrogens (tertiary/aromatic N) is 2. The highest BCUT2D eigenvalue weighted by Gasteiger charge is 2.38. The van der Waals surface area contributed by atoms with Gasteiger partial charge in [-0.3, -0.25) is 4.79 Å². The maximum atomic E-state index is 12.8. The van der Waals surface area contributed by atoms with Crippen molar-refractivity contribution in [1.82, 2.24) is 9.88 Å². The van der Waals surface area contributed by atoms with Crippen LogP contribution in [0.25, 0.3) is 0 Å². The summed E-state index contributed by atoms with van der Waals surface area (Å²) in [5, 5.41) is 3.01. The van der Waals surface area contributed by atoms with E-state index in [9.17, 15) is 4.79 Å². The molecule has 2 heterocycles. The molecule has 0 bridgehead atoms. The molecule has 114 valence electrons. The first-order valence-electron chi connectivity index (χ1n) is 7.76. The summed E-state index contributed by atoms with van der Waals surface area (Å²) in [6.45, 7) is 1.77. The second-order valence-corrected chi connectivity index (χ2v) is 7.21. The van der Waals surface area contributed by atoms with Gasteiger partial charge in [0.15, 0.2) is 0 Å². The number of likely N-dealkylation sites (tertiary alicyclic amines) is 1. The van der Waals surface area contributed by atoms with Gasteiger partial charge >= 0.3 is 0 Å². The monoisotopic (exact) mass is 351 g/mol. The van der Waals surface area contributed by atoms with Crippen LogP contribution in [0.5, 0.6) is 0 Å². The highest BCUT2D eigenvalue weighted by atomic mass is 79.9. The number of rotatable bonds is 2. The highest BCUT2D eigenvalue weighted by molar-refractivity contribution is 9.10. The Labute approximate surface area is 134 Å². The third-order valence-electron chi connectivity index (χ3n) is 5.10. The van der Waals surface area contributed by atoms with Gasteiger partial charge < -0.3 is 10.2 Å². The van der Waals surface area contributed by atoms with E-state index in [1.54, 1.807) is 13.2 Å². The van der Waals surface area contributed by atoms with Crippen LogP contribution in [0.4, 0.5) is 5.82 Å². The Morgan fingerprint density at radius 3 is 2.57 bits per heavy atom. The predicted molar refractivity (Wildman–Crippen MR) is 87.5 cm³/mol. The smallest absolute Gasteiger partial charge is 0.257 e. The zero-order valence-electron chi connectivity index (χ0n) is 12.5. The molecule has 2 fully saturated rings. The molecule has 1 aromatic heterocycles. The van der Waals surface area contributed by atoms with Crippen molar-refractivity contribution < 1.29 is 4.79 Å². The van der Waals surface area contributed by atoms with Gasteiger partial charge in [-0.15, -0.1) is 0 Å². The Hall–Kier alpha value is -1.10. The Morgan fingerprint density at radius 1 is 1.29 bits per heavy atom. The van der Waals surface area contributed by atoms with Gasteiger partial charge in [0.05, 0.1) is 5.56 Å². The third kappa shape index (κ3) is 2.93. The summed E-state index contributed by atoms with van der Waals surface area (Å²) in [7, 11) is 1.80. The van der Waals surface area contributed by atoms with Gasteiger partial charge in [0.1, 0.15) is 5.82 Å². The molecule has 1 N–H and O–H groups in total. The lowest BCUT2D eigenvalue weighted by Crippen LogP contribution is -2.42. The first-order chi connectivity index (χ1) is 10.1. The van der Waals surface area contributed by atoms with E-state index in [-0.39, 0.29) is 5.91 Å². The number of pyridine rings is 1. The molecule has 0 atom stereocenters. The van der Waals surface area contributed by atoms with Crippen molar-refractivity contribution in [2.75, 3.05) is 25.5 Å². The van der Waals surface area contributed by atoms with E-state index in [1.165, 1.54) is 25.7 Å². The molecule has 1 aliphatic heterocycles. The van der Waals surface area contributed by atoms with Crippen LogP contribution in [0.1, 0.15) is 48.9 Å². The first-order valence-corrected chi connectivity index (χ1v) is 8.55. The molecule has 5 heteroatoms. The summed E-state index contributed by atoms with van der Waals surface area (Å²) in [6.07, 6.45) is 9.49. The fourth-order valence-corrected chi connectivity index (χ4v) is 4.11. The van der Waals surface area contributed by atoms with E-state index in [0.717, 1.165) is 30.4 Å². The molecule has 1 aromatic rings. The number of carbonyl (C=O) groups excluding carboxylic acids is 1. The van der Waals surface area contributed by atoms with Gasteiger partial charge in [-0.1, -0.05) is 12.8 Å². The first kappa shape index (κ1) is 14.8. The average molecular weight is 352 g/mol. The maximum absolute atomic E-state index is 12.8. The van der Waals surface area contributed by atoms with E-state index in [2.05, 4.69) is 26.2 Å². The number of hydrogen-bond acceptors (Lipinski definition) is 3. The van der Waals surface area contributed by atoms with Gasteiger partial charge in [-0.25, -0.2) is 4.98 Å². The molecule has 1 amide bonds. The Morgan fingerprint density at radius 2 is 1.95 bits per heavy atom. The Kier molecular flexibility index (Phi) is 4.20. The van der Waals surface area contributed by atoms with Gasteiger partial charge in [0.25, 0.3) is 5.91 Å². The molecule has 1 spiro atoms. The molecule has 0 unspecified atom stereocenters. The van der Waals surface area contributed by atoms with Crippen LogP contribution in [-0.2, 0) is 0 Å². The molecule has 3 rings (SSSR count). The van der Waals surface area contributed by atoms with Crippen LogP contribution in [0.2, 0.25) is 0 Å². The highest BCUT2D eigenvalue weighted by Crippen LogP contribution is 2.46. The fourth-order valence-electron chi connectivity index (χ4n) is 3.78.